The van der Waals surface area contributed by atoms with Gasteiger partial charge in [0.1, 0.15) is 35.5 Å². The molecule has 2 saturated carbocycles. The zero-order valence-electron chi connectivity index (χ0n) is 44.8. The van der Waals surface area contributed by atoms with Crippen LogP contribution in [0.4, 0.5) is 9.59 Å². The highest BCUT2D eigenvalue weighted by Crippen LogP contribution is 2.32. The Bertz CT molecular complexity index is 1900. The van der Waals surface area contributed by atoms with Crippen LogP contribution in [-0.2, 0) is 41.5 Å². The molecule has 0 unspecified atom stereocenters. The number of imide groups is 2. The van der Waals surface area contributed by atoms with Crippen molar-refractivity contribution in [2.75, 3.05) is 0 Å². The first-order chi connectivity index (χ1) is 33.8. The topological polar surface area (TPSA) is 244 Å². The van der Waals surface area contributed by atoms with Gasteiger partial charge in [0.25, 0.3) is 0 Å². The van der Waals surface area contributed by atoms with E-state index >= 15 is 0 Å². The van der Waals surface area contributed by atoms with Crippen LogP contribution in [0.15, 0.2) is 60.7 Å². The van der Waals surface area contributed by atoms with Crippen LogP contribution < -0.4 is 22.1 Å². The average Bonchev–Trinajstić information content (AvgIpc) is 3.30. The lowest BCUT2D eigenvalue weighted by Gasteiger charge is -2.40. The number of amides is 6. The largest absolute Gasteiger partial charge is 0.443 e. The molecule has 16 heteroatoms. The molecule has 6 amide bonds. The second-order valence-corrected chi connectivity index (χ2v) is 23.0. The molecule has 2 aliphatic carbocycles. The molecule has 2 aromatic carbocycles. The van der Waals surface area contributed by atoms with Crippen LogP contribution in [0, 0.1) is 23.7 Å². The molecule has 2 aromatic rings. The molecule has 4 rings (SSSR count). The van der Waals surface area contributed by atoms with E-state index in [0.29, 0.717) is 0 Å². The SMILES string of the molecule is CC(C)[C@@H](C(=O)N[C@@H](CC1CCCCC1)[C@H](O)[C@@H](O)[C@H](CC1CCCCC1)NC(=O)[C@H](C(C)C)N(C(=O)OC(C)(C)C)C(=O)[C@@H](N)Cc1ccccc1)N(C(=O)OC(C)(C)C)C(=O)[C@@H](N)Cc1ccccc1. The van der Waals surface area contributed by atoms with Crippen molar-refractivity contribution in [3.05, 3.63) is 71.8 Å². The molecule has 0 saturated heterocycles. The highest BCUT2D eigenvalue weighted by Gasteiger charge is 2.46. The van der Waals surface area contributed by atoms with E-state index in [0.717, 1.165) is 85.1 Å². The Hall–Kier alpha value is -4.90. The molecule has 8 N–H and O–H groups in total. The van der Waals surface area contributed by atoms with Crippen molar-refractivity contribution in [2.45, 2.75) is 219 Å². The number of nitrogens with zero attached hydrogens (tertiary/aromatic N) is 2. The molecule has 0 radical (unpaired) electrons. The van der Waals surface area contributed by atoms with Crippen LogP contribution in [-0.4, -0.2) is 115 Å². The van der Waals surface area contributed by atoms with Crippen molar-refractivity contribution in [2.24, 2.45) is 35.1 Å². The molecule has 0 heterocycles. The van der Waals surface area contributed by atoms with Crippen LogP contribution >= 0.6 is 0 Å². The Morgan fingerprint density at radius 2 is 0.861 bits per heavy atom. The van der Waals surface area contributed by atoms with E-state index in [9.17, 15) is 39.0 Å². The van der Waals surface area contributed by atoms with E-state index in [1.807, 2.05) is 60.7 Å². The van der Waals surface area contributed by atoms with Gasteiger partial charge in [-0.1, -0.05) is 153 Å². The number of aliphatic hydroxyl groups excluding tert-OH is 2. The van der Waals surface area contributed by atoms with E-state index < -0.39 is 107 Å². The number of aliphatic hydroxyl groups is 2. The fourth-order valence-corrected chi connectivity index (χ4v) is 10.2. The maximum Gasteiger partial charge on any atom is 0.417 e. The molecular weight excluding hydrogens is 917 g/mol. The van der Waals surface area contributed by atoms with Gasteiger partial charge in [0, 0.05) is 0 Å². The molecule has 0 bridgehead atoms. The normalized spacial score (nSPS) is 18.4. The lowest BCUT2D eigenvalue weighted by molar-refractivity contribution is -0.144. The van der Waals surface area contributed by atoms with Gasteiger partial charge >= 0.3 is 12.2 Å². The minimum atomic E-state index is -1.68. The van der Waals surface area contributed by atoms with Gasteiger partial charge in [0.2, 0.25) is 23.6 Å². The first-order valence-corrected chi connectivity index (χ1v) is 26.5. The zero-order chi connectivity index (χ0) is 53.5. The van der Waals surface area contributed by atoms with Gasteiger partial charge in [-0.25, -0.2) is 19.4 Å². The van der Waals surface area contributed by atoms with E-state index in [1.54, 1.807) is 69.2 Å². The smallest absolute Gasteiger partial charge is 0.417 e. The van der Waals surface area contributed by atoms with Crippen molar-refractivity contribution < 1.29 is 48.5 Å². The van der Waals surface area contributed by atoms with Crippen LogP contribution in [0.5, 0.6) is 0 Å². The standard InChI is InChI=1S/C56H88N6O10/c1-35(2)45(61(53(69)71-55(5,6)7)51(67)41(57)31-37-23-15-11-16-24-37)49(65)59-43(33-39-27-19-13-20-28-39)47(63)48(64)44(34-40-29-21-14-22-30-40)60-50(66)46(36(3)4)62(54(70)72-56(8,9)10)52(68)42(58)32-38-25-17-12-18-26-38/h11-12,15-18,23-26,35-36,39-48,63-64H,13-14,19-22,27-34,57-58H2,1-10H3,(H,59,65)(H,60,66)/t41-,42-,43-,44-,45-,46-,47-,48-/m0/s1. The lowest BCUT2D eigenvalue weighted by Crippen LogP contribution is -2.64. The summed E-state index contributed by atoms with van der Waals surface area (Å²) in [4.78, 5) is 88.5. The van der Waals surface area contributed by atoms with E-state index in [-0.39, 0.29) is 37.5 Å². The van der Waals surface area contributed by atoms with E-state index in [2.05, 4.69) is 10.6 Å². The molecule has 2 fully saturated rings. The predicted molar refractivity (Wildman–Crippen MR) is 278 cm³/mol. The molecule has 0 aliphatic heterocycles. The van der Waals surface area contributed by atoms with Gasteiger partial charge in [-0.2, -0.15) is 0 Å². The summed E-state index contributed by atoms with van der Waals surface area (Å²) >= 11 is 0. The van der Waals surface area contributed by atoms with Gasteiger partial charge < -0.3 is 41.8 Å². The lowest BCUT2D eigenvalue weighted by atomic mass is 9.80. The number of hydrogen-bond acceptors (Lipinski definition) is 12. The number of nitrogens with one attached hydrogen (secondary N) is 2. The minimum Gasteiger partial charge on any atom is -0.443 e. The highest BCUT2D eigenvalue weighted by atomic mass is 16.6. The number of carbonyl (C=O) groups excluding carboxylic acids is 6. The number of benzene rings is 2. The number of ether oxygens (including phenoxy) is 2. The maximum atomic E-state index is 15.0. The Morgan fingerprint density at radius 3 is 1.14 bits per heavy atom. The second-order valence-electron chi connectivity index (χ2n) is 23.0. The van der Waals surface area contributed by atoms with Crippen LogP contribution in [0.25, 0.3) is 0 Å². The summed E-state index contributed by atoms with van der Waals surface area (Å²) in [5.74, 6) is -4.37. The zero-order valence-corrected chi connectivity index (χ0v) is 44.8. The summed E-state index contributed by atoms with van der Waals surface area (Å²) in [6.07, 6.45) is 4.32. The van der Waals surface area contributed by atoms with Gasteiger partial charge in [0.15, 0.2) is 0 Å². The summed E-state index contributed by atoms with van der Waals surface area (Å²) in [6, 6.07) is 10.6. The maximum absolute atomic E-state index is 15.0. The second kappa shape index (κ2) is 27.4. The minimum absolute atomic E-state index is 0.0523. The van der Waals surface area contributed by atoms with Crippen molar-refractivity contribution in [3.63, 3.8) is 0 Å². The summed E-state index contributed by atoms with van der Waals surface area (Å²) < 4.78 is 11.5. The molecule has 0 aromatic heterocycles. The number of nitrogens with two attached hydrogens (primary N) is 2. The van der Waals surface area contributed by atoms with Gasteiger partial charge in [-0.3, -0.25) is 19.2 Å². The third kappa shape index (κ3) is 18.2. The average molecular weight is 1010 g/mol. The fraction of sp³-hybridized carbons (Fsp3) is 0.679. The summed E-state index contributed by atoms with van der Waals surface area (Å²) in [5.41, 5.74) is 12.5. The van der Waals surface area contributed by atoms with Crippen LogP contribution in [0.3, 0.4) is 0 Å². The monoisotopic (exact) mass is 1000 g/mol. The first kappa shape index (κ1) is 59.7. The van der Waals surface area contributed by atoms with Gasteiger partial charge in [-0.05, 0) is 102 Å². The third-order valence-electron chi connectivity index (χ3n) is 13.7. The van der Waals surface area contributed by atoms with Crippen molar-refractivity contribution in [1.82, 2.24) is 20.4 Å². The van der Waals surface area contributed by atoms with Gasteiger partial charge in [-0.15, -0.1) is 0 Å². The molecule has 8 atom stereocenters. The molecule has 72 heavy (non-hydrogen) atoms. The highest BCUT2D eigenvalue weighted by molar-refractivity contribution is 6.01. The van der Waals surface area contributed by atoms with Crippen molar-refractivity contribution in [1.29, 1.82) is 0 Å². The fourth-order valence-electron chi connectivity index (χ4n) is 10.2. The predicted octanol–water partition coefficient (Wildman–Crippen LogP) is 7.34. The summed E-state index contributed by atoms with van der Waals surface area (Å²) in [7, 11) is 0. The molecule has 16 nitrogen and oxygen atoms in total. The van der Waals surface area contributed by atoms with E-state index in [4.69, 9.17) is 20.9 Å². The molecule has 402 valence electrons. The van der Waals surface area contributed by atoms with Crippen molar-refractivity contribution >= 4 is 35.8 Å². The van der Waals surface area contributed by atoms with Crippen LogP contribution in [0.1, 0.15) is 157 Å². The number of hydrogen-bond donors (Lipinski definition) is 6. The first-order valence-electron chi connectivity index (χ1n) is 26.5. The molecular formula is C56H88N6O10. The Kier molecular flexibility index (Phi) is 22.7. The Labute approximate surface area is 429 Å². The number of carbonyl (C=O) groups is 6. The molecule has 0 spiro atoms. The van der Waals surface area contributed by atoms with Gasteiger partial charge in [0.05, 0.1) is 24.2 Å². The Morgan fingerprint density at radius 1 is 0.556 bits per heavy atom. The summed E-state index contributed by atoms with van der Waals surface area (Å²) in [5, 5.41) is 31.1. The number of rotatable bonds is 21. The van der Waals surface area contributed by atoms with Crippen molar-refractivity contribution in [3.8, 4) is 0 Å². The van der Waals surface area contributed by atoms with Crippen LogP contribution in [0.2, 0.25) is 0 Å². The van der Waals surface area contributed by atoms with E-state index in [1.165, 1.54) is 0 Å². The summed E-state index contributed by atoms with van der Waals surface area (Å²) in [6.45, 7) is 16.7. The molecule has 2 aliphatic rings. The Balaban J connectivity index is 1.74. The third-order valence-corrected chi connectivity index (χ3v) is 13.7. The quantitative estimate of drug-likeness (QED) is 0.0720.